The number of ketones is 1. The summed E-state index contributed by atoms with van der Waals surface area (Å²) in [4.78, 5) is 11.6. The molecule has 0 saturated carbocycles. The highest BCUT2D eigenvalue weighted by Crippen LogP contribution is 2.32. The molecule has 0 fully saturated rings. The van der Waals surface area contributed by atoms with Gasteiger partial charge in [0.2, 0.25) is 0 Å². The largest absolute Gasteiger partial charge is 0.305 e. The van der Waals surface area contributed by atoms with E-state index in [0.717, 1.165) is 17.8 Å². The Morgan fingerprint density at radius 3 is 2.39 bits per heavy atom. The van der Waals surface area contributed by atoms with Crippen LogP contribution < -0.4 is 10.9 Å². The molecule has 1 aliphatic carbocycles. The van der Waals surface area contributed by atoms with Crippen LogP contribution in [0.2, 0.25) is 0 Å². The van der Waals surface area contributed by atoms with Gasteiger partial charge in [0.25, 0.3) is 0 Å². The van der Waals surface area contributed by atoms with E-state index in [9.17, 15) is 9.18 Å². The lowest BCUT2D eigenvalue weighted by Crippen LogP contribution is -2.30. The number of nitrogens with one attached hydrogen (secondary N) is 2. The summed E-state index contributed by atoms with van der Waals surface area (Å²) >= 11 is 0. The molecule has 0 amide bonds. The van der Waals surface area contributed by atoms with Gasteiger partial charge in [0.05, 0.1) is 5.69 Å². The molecule has 1 aromatic carbocycles. The van der Waals surface area contributed by atoms with E-state index in [-0.39, 0.29) is 17.0 Å². The predicted octanol–water partition coefficient (Wildman–Crippen LogP) is 3.02. The summed E-state index contributed by atoms with van der Waals surface area (Å²) in [6.45, 7) is 4.13. The number of halogens is 1. The average molecular weight is 248 g/mol. The molecule has 2 N–H and O–H groups in total. The van der Waals surface area contributed by atoms with E-state index in [2.05, 4.69) is 24.7 Å². The number of carbonyl (C=O) groups is 1. The topological polar surface area (TPSA) is 41.1 Å². The third kappa shape index (κ3) is 3.32. The summed E-state index contributed by atoms with van der Waals surface area (Å²) in [6, 6.07) is 6.04. The van der Waals surface area contributed by atoms with Crippen LogP contribution >= 0.6 is 0 Å². The van der Waals surface area contributed by atoms with E-state index in [1.807, 2.05) is 0 Å². The summed E-state index contributed by atoms with van der Waals surface area (Å²) in [7, 11) is 0. The summed E-state index contributed by atoms with van der Waals surface area (Å²) in [5.41, 5.74) is 7.58. The van der Waals surface area contributed by atoms with Gasteiger partial charge in [-0.2, -0.15) is 0 Å². The Morgan fingerprint density at radius 1 is 1.11 bits per heavy atom. The van der Waals surface area contributed by atoms with Crippen molar-refractivity contribution in [3.63, 3.8) is 0 Å². The van der Waals surface area contributed by atoms with Gasteiger partial charge in [0, 0.05) is 18.2 Å². The normalized spacial score (nSPS) is 18.2. The Hall–Kier alpha value is -1.84. The lowest BCUT2D eigenvalue weighted by atomic mass is 9.79. The number of allylic oxidation sites excluding steroid dienone is 2. The van der Waals surface area contributed by atoms with E-state index < -0.39 is 0 Å². The fraction of sp³-hybridized carbons (Fsp3) is 0.357. The van der Waals surface area contributed by atoms with Crippen molar-refractivity contribution in [1.29, 1.82) is 0 Å². The van der Waals surface area contributed by atoms with Gasteiger partial charge < -0.3 is 10.9 Å². The van der Waals surface area contributed by atoms with Crippen molar-refractivity contribution in [1.82, 2.24) is 5.43 Å². The molecule has 18 heavy (non-hydrogen) atoms. The first-order chi connectivity index (χ1) is 8.44. The zero-order valence-corrected chi connectivity index (χ0v) is 10.6. The first kappa shape index (κ1) is 12.6. The minimum atomic E-state index is -0.270. The molecule has 1 aliphatic rings. The van der Waals surface area contributed by atoms with Crippen molar-refractivity contribution in [3.05, 3.63) is 41.9 Å². The Balaban J connectivity index is 1.98. The van der Waals surface area contributed by atoms with Crippen LogP contribution in [0.25, 0.3) is 0 Å². The first-order valence-corrected chi connectivity index (χ1v) is 5.96. The molecule has 0 aromatic heterocycles. The zero-order chi connectivity index (χ0) is 13.2. The van der Waals surface area contributed by atoms with E-state index in [0.29, 0.717) is 6.42 Å². The van der Waals surface area contributed by atoms with Crippen molar-refractivity contribution in [2.45, 2.75) is 26.7 Å². The molecule has 1 aromatic rings. The fourth-order valence-corrected chi connectivity index (χ4v) is 2.11. The molecule has 0 saturated heterocycles. The van der Waals surface area contributed by atoms with Gasteiger partial charge in [-0.05, 0) is 36.1 Å². The Labute approximate surface area is 106 Å². The minimum absolute atomic E-state index is 0.0152. The van der Waals surface area contributed by atoms with Crippen LogP contribution in [0.5, 0.6) is 0 Å². The van der Waals surface area contributed by atoms with Gasteiger partial charge in [0.15, 0.2) is 5.78 Å². The number of hydrogen-bond acceptors (Lipinski definition) is 3. The van der Waals surface area contributed by atoms with Gasteiger partial charge in [-0.3, -0.25) is 4.79 Å². The van der Waals surface area contributed by atoms with Gasteiger partial charge >= 0.3 is 0 Å². The summed E-state index contributed by atoms with van der Waals surface area (Å²) in [6.07, 6.45) is 3.02. The molecular formula is C14H17FN2O. The second-order valence-corrected chi connectivity index (χ2v) is 5.41. The molecule has 0 atom stereocenters. The Bertz CT molecular complexity index is 477. The Kier molecular flexibility index (Phi) is 3.36. The smallest absolute Gasteiger partial charge is 0.158 e. The molecule has 3 nitrogen and oxygen atoms in total. The second kappa shape index (κ2) is 4.80. The van der Waals surface area contributed by atoms with E-state index in [4.69, 9.17) is 0 Å². The maximum atomic E-state index is 12.7. The molecule has 0 spiro atoms. The lowest BCUT2D eigenvalue weighted by molar-refractivity contribution is -0.117. The number of hydrazine groups is 1. The zero-order valence-electron chi connectivity index (χ0n) is 10.6. The van der Waals surface area contributed by atoms with Crippen LogP contribution in [0.15, 0.2) is 36.0 Å². The second-order valence-electron chi connectivity index (χ2n) is 5.41. The number of benzene rings is 1. The standard InChI is InChI=1S/C14H17FN2O/c1-14(2)8-12(7-13(18)9-14)17-16-11-5-3-10(15)4-6-11/h3-7,16-17H,8-9H2,1-2H3. The predicted molar refractivity (Wildman–Crippen MR) is 69.3 cm³/mol. The molecule has 4 heteroatoms. The summed E-state index contributed by atoms with van der Waals surface area (Å²) in [5, 5.41) is 0. The molecule has 0 radical (unpaired) electrons. The van der Waals surface area contributed by atoms with Gasteiger partial charge in [0.1, 0.15) is 5.82 Å². The first-order valence-electron chi connectivity index (χ1n) is 5.96. The molecule has 0 bridgehead atoms. The van der Waals surface area contributed by atoms with Crippen LogP contribution in [-0.2, 0) is 4.79 Å². The Morgan fingerprint density at radius 2 is 1.78 bits per heavy atom. The quantitative estimate of drug-likeness (QED) is 0.808. The maximum absolute atomic E-state index is 12.7. The highest BCUT2D eigenvalue weighted by Gasteiger charge is 2.27. The van der Waals surface area contributed by atoms with Gasteiger partial charge in [-0.1, -0.05) is 13.8 Å². The van der Waals surface area contributed by atoms with Crippen LogP contribution in [0, 0.1) is 11.2 Å². The number of hydrogen-bond donors (Lipinski definition) is 2. The third-order valence-corrected chi connectivity index (χ3v) is 2.87. The van der Waals surface area contributed by atoms with E-state index in [1.54, 1.807) is 18.2 Å². The van der Waals surface area contributed by atoms with Crippen molar-refractivity contribution in [2.24, 2.45) is 5.41 Å². The van der Waals surface area contributed by atoms with Crippen molar-refractivity contribution in [3.8, 4) is 0 Å². The lowest BCUT2D eigenvalue weighted by Gasteiger charge is -2.29. The average Bonchev–Trinajstić information content (AvgIpc) is 2.25. The van der Waals surface area contributed by atoms with Crippen LogP contribution in [0.3, 0.4) is 0 Å². The molecular weight excluding hydrogens is 231 g/mol. The third-order valence-electron chi connectivity index (χ3n) is 2.87. The number of anilines is 1. The number of carbonyl (C=O) groups excluding carboxylic acids is 1. The van der Waals surface area contributed by atoms with E-state index >= 15 is 0 Å². The molecule has 96 valence electrons. The van der Waals surface area contributed by atoms with Crippen molar-refractivity contribution in [2.75, 3.05) is 5.43 Å². The molecule has 0 heterocycles. The van der Waals surface area contributed by atoms with Crippen LogP contribution in [0.4, 0.5) is 10.1 Å². The maximum Gasteiger partial charge on any atom is 0.158 e. The highest BCUT2D eigenvalue weighted by atomic mass is 19.1. The summed E-state index contributed by atoms with van der Waals surface area (Å²) in [5.74, 6) is -0.136. The number of rotatable bonds is 3. The van der Waals surface area contributed by atoms with Crippen LogP contribution in [-0.4, -0.2) is 5.78 Å². The fourth-order valence-electron chi connectivity index (χ4n) is 2.11. The van der Waals surface area contributed by atoms with Gasteiger partial charge in [-0.15, -0.1) is 0 Å². The summed E-state index contributed by atoms with van der Waals surface area (Å²) < 4.78 is 12.7. The van der Waals surface area contributed by atoms with E-state index in [1.165, 1.54) is 12.1 Å². The molecule has 0 unspecified atom stereocenters. The monoisotopic (exact) mass is 248 g/mol. The minimum Gasteiger partial charge on any atom is -0.305 e. The van der Waals surface area contributed by atoms with Gasteiger partial charge in [-0.25, -0.2) is 4.39 Å². The SMILES string of the molecule is CC1(C)CC(=O)C=C(NNc2ccc(F)cc2)C1. The van der Waals surface area contributed by atoms with Crippen LogP contribution in [0.1, 0.15) is 26.7 Å². The molecule has 0 aliphatic heterocycles. The molecule has 2 rings (SSSR count). The highest BCUT2D eigenvalue weighted by molar-refractivity contribution is 5.91. The van der Waals surface area contributed by atoms with Crippen molar-refractivity contribution >= 4 is 11.5 Å². The van der Waals surface area contributed by atoms with Crippen molar-refractivity contribution < 1.29 is 9.18 Å².